The number of hydrogen-bond donors (Lipinski definition) is 1. The van der Waals surface area contributed by atoms with E-state index in [-0.39, 0.29) is 10.7 Å². The average Bonchev–Trinajstić information content (AvgIpc) is 2.03. The zero-order valence-corrected chi connectivity index (χ0v) is 7.14. The van der Waals surface area contributed by atoms with Crippen molar-refractivity contribution >= 4 is 24.6 Å². The molecule has 0 rings (SSSR count). The number of carbonyl (C=O) groups excluding carboxylic acids is 1. The first-order chi connectivity index (χ1) is 5.20. The molecule has 0 aromatic heterocycles. The van der Waals surface area contributed by atoms with E-state index in [1.807, 2.05) is 0 Å². The first-order valence-corrected chi connectivity index (χ1v) is 3.14. The smallest absolute Gasteiger partial charge is 0.168 e. The van der Waals surface area contributed by atoms with Gasteiger partial charge in [-0.1, -0.05) is 18.2 Å². The van der Waals surface area contributed by atoms with Crippen LogP contribution in [0.15, 0.2) is 28.4 Å². The molecule has 0 bridgehead atoms. The van der Waals surface area contributed by atoms with Gasteiger partial charge in [0, 0.05) is 5.03 Å². The number of halogens is 1. The van der Waals surface area contributed by atoms with Crippen LogP contribution in [-0.2, 0) is 4.79 Å². The second-order valence-electron chi connectivity index (χ2n) is 1.29. The molecule has 0 aliphatic rings. The van der Waals surface area contributed by atoms with Crippen LogP contribution in [-0.4, -0.2) is 20.1 Å². The van der Waals surface area contributed by atoms with Gasteiger partial charge in [0.25, 0.3) is 0 Å². The molecule has 0 aromatic rings. The van der Waals surface area contributed by atoms with Gasteiger partial charge in [-0.05, 0) is 19.8 Å². The summed E-state index contributed by atoms with van der Waals surface area (Å²) in [6, 6.07) is 0. The predicted octanol–water partition coefficient (Wildman–Crippen LogP) is 1.10. The average molecular weight is 175 g/mol. The topological polar surface area (TPSA) is 55.5 Å². The van der Waals surface area contributed by atoms with Crippen molar-refractivity contribution in [1.82, 2.24) is 0 Å². The number of nitrogens with zero attached hydrogens (tertiary/aromatic N) is 1. The minimum Gasteiger partial charge on any atom is -0.333 e. The van der Waals surface area contributed by atoms with Crippen LogP contribution in [0.2, 0.25) is 0 Å². The number of nitrogens with two attached hydrogens (primary N) is 1. The molecular formula is C7H11ClN2O. The summed E-state index contributed by atoms with van der Waals surface area (Å²) >= 11 is 5.31. The van der Waals surface area contributed by atoms with Crippen LogP contribution in [0.25, 0.3) is 0 Å². The van der Waals surface area contributed by atoms with E-state index in [1.54, 1.807) is 0 Å². The van der Waals surface area contributed by atoms with Crippen molar-refractivity contribution in [3.63, 3.8) is 0 Å². The normalized spacial score (nSPS) is 9.18. The Morgan fingerprint density at radius 3 is 2.18 bits per heavy atom. The van der Waals surface area contributed by atoms with Crippen LogP contribution in [0.1, 0.15) is 0 Å². The van der Waals surface area contributed by atoms with Gasteiger partial charge in [-0.3, -0.25) is 9.79 Å². The molecule has 0 aromatic carbocycles. The van der Waals surface area contributed by atoms with Crippen molar-refractivity contribution in [2.75, 3.05) is 7.05 Å². The summed E-state index contributed by atoms with van der Waals surface area (Å²) in [4.78, 5) is 13.3. The van der Waals surface area contributed by atoms with Gasteiger partial charge in [0.2, 0.25) is 0 Å². The lowest BCUT2D eigenvalue weighted by Gasteiger charge is -1.84. The monoisotopic (exact) mass is 174 g/mol. The van der Waals surface area contributed by atoms with E-state index in [1.165, 1.54) is 13.1 Å². The minimum atomic E-state index is 0.190. The number of hydrogen-bond acceptors (Lipinski definition) is 3. The summed E-state index contributed by atoms with van der Waals surface area (Å²) < 4.78 is 0. The van der Waals surface area contributed by atoms with Crippen molar-refractivity contribution in [3.8, 4) is 0 Å². The van der Waals surface area contributed by atoms with E-state index in [9.17, 15) is 4.79 Å². The molecule has 0 fully saturated rings. The zero-order chi connectivity index (χ0) is 9.28. The Bertz CT molecular complexity index is 165. The lowest BCUT2D eigenvalue weighted by atomic mass is 10.4. The minimum absolute atomic E-state index is 0.190. The molecule has 0 radical (unpaired) electrons. The summed E-state index contributed by atoms with van der Waals surface area (Å²) in [7, 11) is 1.50. The Hall–Kier alpha value is -0.930. The number of allylic oxidation sites excluding steroid dienone is 3. The maximum atomic E-state index is 9.97. The third kappa shape index (κ3) is 9.07. The van der Waals surface area contributed by atoms with Crippen LogP contribution in [0, 0.1) is 0 Å². The van der Waals surface area contributed by atoms with Gasteiger partial charge in [0.05, 0.1) is 0 Å². The van der Waals surface area contributed by atoms with Crippen molar-refractivity contribution in [2.45, 2.75) is 0 Å². The Kier molecular flexibility index (Phi) is 10.5. The number of aliphatic imine (C=N–C) groups is 1. The van der Waals surface area contributed by atoms with Crippen molar-refractivity contribution in [2.24, 2.45) is 10.7 Å². The number of rotatable bonds is 3. The summed E-state index contributed by atoms with van der Waals surface area (Å²) in [6.45, 7) is 6.47. The molecule has 0 aliphatic carbocycles. The fourth-order valence-corrected chi connectivity index (χ4v) is 0.389. The molecule has 0 atom stereocenters. The van der Waals surface area contributed by atoms with E-state index in [0.717, 1.165) is 0 Å². The second kappa shape index (κ2) is 9.07. The van der Waals surface area contributed by atoms with Crippen LogP contribution in [0.3, 0.4) is 0 Å². The maximum absolute atomic E-state index is 9.97. The van der Waals surface area contributed by atoms with Gasteiger partial charge in [-0.15, -0.1) is 0 Å². The highest BCUT2D eigenvalue weighted by molar-refractivity contribution is 6.31. The molecule has 0 heterocycles. The highest BCUT2D eigenvalue weighted by atomic mass is 35.5. The quantitative estimate of drug-likeness (QED) is 0.302. The van der Waals surface area contributed by atoms with Crippen LogP contribution < -0.4 is 5.73 Å². The standard InChI is InChI=1S/C6H6ClNO.CH5N/c1-5(7)3-6(4-9)8-2;1-2/h3-4H,1-2H2;2H2,1H3/b6-3-;. The van der Waals surface area contributed by atoms with E-state index >= 15 is 0 Å². The van der Waals surface area contributed by atoms with E-state index in [4.69, 9.17) is 11.6 Å². The molecule has 0 saturated heterocycles. The Labute approximate surface area is 71.3 Å². The van der Waals surface area contributed by atoms with Crippen molar-refractivity contribution in [3.05, 3.63) is 23.4 Å². The van der Waals surface area contributed by atoms with Crippen LogP contribution in [0.4, 0.5) is 0 Å². The Morgan fingerprint density at radius 1 is 1.64 bits per heavy atom. The van der Waals surface area contributed by atoms with Gasteiger partial charge < -0.3 is 5.73 Å². The summed E-state index contributed by atoms with van der Waals surface area (Å²) in [5.74, 6) is 0. The second-order valence-corrected chi connectivity index (χ2v) is 1.78. The summed E-state index contributed by atoms with van der Waals surface area (Å²) in [5.41, 5.74) is 4.69. The molecule has 2 N–H and O–H groups in total. The lowest BCUT2D eigenvalue weighted by Crippen LogP contribution is -1.76. The van der Waals surface area contributed by atoms with Crippen LogP contribution >= 0.6 is 11.6 Å². The summed E-state index contributed by atoms with van der Waals surface area (Å²) in [5, 5.41) is 0.268. The highest BCUT2D eigenvalue weighted by Crippen LogP contribution is 2.02. The number of carbonyl (C=O) groups is 1. The molecular weight excluding hydrogens is 164 g/mol. The van der Waals surface area contributed by atoms with E-state index < -0.39 is 0 Å². The molecule has 0 unspecified atom stereocenters. The van der Waals surface area contributed by atoms with E-state index in [2.05, 4.69) is 24.0 Å². The van der Waals surface area contributed by atoms with Gasteiger partial charge in [0.1, 0.15) is 5.70 Å². The third-order valence-electron chi connectivity index (χ3n) is 0.608. The molecule has 0 saturated carbocycles. The highest BCUT2D eigenvalue weighted by Gasteiger charge is 1.87. The fraction of sp³-hybridized carbons (Fsp3) is 0.143. The molecule has 0 spiro atoms. The third-order valence-corrected chi connectivity index (χ3v) is 0.717. The summed E-state index contributed by atoms with van der Waals surface area (Å²) in [6.07, 6.45) is 1.89. The first-order valence-electron chi connectivity index (χ1n) is 2.76. The number of aldehydes is 1. The van der Waals surface area contributed by atoms with Crippen LogP contribution in [0.5, 0.6) is 0 Å². The first kappa shape index (κ1) is 12.7. The van der Waals surface area contributed by atoms with Gasteiger partial charge in [-0.2, -0.15) is 0 Å². The molecule has 4 heteroatoms. The maximum Gasteiger partial charge on any atom is 0.168 e. The SMILES string of the molecule is C=N/C(C=O)=C\C(=C)Cl.CN. The molecule has 62 valence electrons. The fourth-order valence-electron chi connectivity index (χ4n) is 0.277. The Morgan fingerprint density at radius 2 is 2.09 bits per heavy atom. The molecule has 0 aliphatic heterocycles. The van der Waals surface area contributed by atoms with Gasteiger partial charge in [-0.25, -0.2) is 0 Å². The molecule has 11 heavy (non-hydrogen) atoms. The lowest BCUT2D eigenvalue weighted by molar-refractivity contribution is -0.104. The Balaban J connectivity index is 0. The largest absolute Gasteiger partial charge is 0.333 e. The van der Waals surface area contributed by atoms with Gasteiger partial charge >= 0.3 is 0 Å². The molecule has 3 nitrogen and oxygen atoms in total. The van der Waals surface area contributed by atoms with E-state index in [0.29, 0.717) is 6.29 Å². The van der Waals surface area contributed by atoms with Crippen molar-refractivity contribution < 1.29 is 4.79 Å². The zero-order valence-electron chi connectivity index (χ0n) is 6.38. The molecule has 0 amide bonds. The predicted molar refractivity (Wildman–Crippen MR) is 48.8 cm³/mol. The van der Waals surface area contributed by atoms with Gasteiger partial charge in [0.15, 0.2) is 6.29 Å². The van der Waals surface area contributed by atoms with Crippen molar-refractivity contribution in [1.29, 1.82) is 0 Å².